The van der Waals surface area contributed by atoms with Crippen molar-refractivity contribution in [2.24, 2.45) is 10.7 Å². The molecule has 0 saturated carbocycles. The predicted octanol–water partition coefficient (Wildman–Crippen LogP) is 2.11. The molecule has 1 unspecified atom stereocenters. The molecule has 1 rings (SSSR count). The van der Waals surface area contributed by atoms with Crippen LogP contribution in [0.15, 0.2) is 17.1 Å². The number of hydrogen-bond donors (Lipinski definition) is 2. The number of aryl methyl sites for hydroxylation is 1. The Bertz CT molecular complexity index is 354. The van der Waals surface area contributed by atoms with Crippen LogP contribution in [-0.2, 0) is 11.3 Å². The lowest BCUT2D eigenvalue weighted by Gasteiger charge is -2.12. The van der Waals surface area contributed by atoms with Crippen molar-refractivity contribution in [3.8, 4) is 0 Å². The smallest absolute Gasteiger partial charge is 0.189 e. The topological polar surface area (TPSA) is 59.6 Å². The molecular formula is C11H20IN3OS. The Morgan fingerprint density at radius 3 is 2.82 bits per heavy atom. The van der Waals surface area contributed by atoms with Crippen molar-refractivity contribution in [2.75, 3.05) is 13.7 Å². The third-order valence-electron chi connectivity index (χ3n) is 2.01. The quantitative estimate of drug-likeness (QED) is 0.475. The van der Waals surface area contributed by atoms with Gasteiger partial charge in [0.25, 0.3) is 0 Å². The van der Waals surface area contributed by atoms with E-state index in [1.807, 2.05) is 6.92 Å². The average molecular weight is 369 g/mol. The van der Waals surface area contributed by atoms with Crippen LogP contribution in [0.25, 0.3) is 0 Å². The van der Waals surface area contributed by atoms with Crippen molar-refractivity contribution in [3.05, 3.63) is 21.9 Å². The summed E-state index contributed by atoms with van der Waals surface area (Å²) in [6, 6.07) is 4.35. The molecule has 1 atom stereocenters. The number of methoxy groups -OCH3 is 1. The summed E-state index contributed by atoms with van der Waals surface area (Å²) in [5, 5.41) is 3.07. The van der Waals surface area contributed by atoms with Crippen molar-refractivity contribution in [2.45, 2.75) is 26.4 Å². The number of guanidine groups is 1. The molecule has 0 spiro atoms. The number of aliphatic imine (C=N–C) groups is 1. The van der Waals surface area contributed by atoms with Gasteiger partial charge in [-0.3, -0.25) is 0 Å². The number of ether oxygens (including phenoxy) is 1. The van der Waals surface area contributed by atoms with Crippen molar-refractivity contribution in [1.82, 2.24) is 5.32 Å². The van der Waals surface area contributed by atoms with Crippen LogP contribution in [0.5, 0.6) is 0 Å². The number of hydrogen-bond acceptors (Lipinski definition) is 3. The van der Waals surface area contributed by atoms with Crippen LogP contribution in [0, 0.1) is 6.92 Å². The van der Waals surface area contributed by atoms with E-state index in [4.69, 9.17) is 10.5 Å². The Hall–Kier alpha value is -0.340. The molecule has 4 nitrogen and oxygen atoms in total. The Morgan fingerprint density at radius 2 is 2.29 bits per heavy atom. The zero-order valence-electron chi connectivity index (χ0n) is 10.4. The van der Waals surface area contributed by atoms with Gasteiger partial charge in [0.1, 0.15) is 0 Å². The summed E-state index contributed by atoms with van der Waals surface area (Å²) in [5.74, 6) is 0.468. The first-order chi connectivity index (χ1) is 7.61. The minimum absolute atomic E-state index is 0. The van der Waals surface area contributed by atoms with Crippen molar-refractivity contribution >= 4 is 41.3 Å². The molecule has 1 heterocycles. The molecule has 3 N–H and O–H groups in total. The molecule has 0 aromatic carbocycles. The van der Waals surface area contributed by atoms with Gasteiger partial charge in [-0.15, -0.1) is 35.3 Å². The van der Waals surface area contributed by atoms with Crippen molar-refractivity contribution in [3.63, 3.8) is 0 Å². The molecule has 0 amide bonds. The molecule has 1 aromatic heterocycles. The van der Waals surface area contributed by atoms with Gasteiger partial charge in [0.2, 0.25) is 0 Å². The molecule has 0 aliphatic rings. The Labute approximate surface area is 124 Å². The van der Waals surface area contributed by atoms with Gasteiger partial charge < -0.3 is 15.8 Å². The summed E-state index contributed by atoms with van der Waals surface area (Å²) in [6.07, 6.45) is 0. The van der Waals surface area contributed by atoms with E-state index >= 15 is 0 Å². The molecule has 0 radical (unpaired) electrons. The molecule has 0 fully saturated rings. The molecular weight excluding hydrogens is 349 g/mol. The van der Waals surface area contributed by atoms with Gasteiger partial charge in [-0.25, -0.2) is 4.99 Å². The van der Waals surface area contributed by atoms with Gasteiger partial charge in [-0.1, -0.05) is 0 Å². The Kier molecular flexibility index (Phi) is 8.53. The van der Waals surface area contributed by atoms with Crippen LogP contribution < -0.4 is 11.1 Å². The van der Waals surface area contributed by atoms with Crippen molar-refractivity contribution < 1.29 is 4.74 Å². The lowest BCUT2D eigenvalue weighted by atomic mass is 10.4. The molecule has 98 valence electrons. The summed E-state index contributed by atoms with van der Waals surface area (Å²) in [7, 11) is 1.67. The van der Waals surface area contributed by atoms with Crippen LogP contribution in [0.3, 0.4) is 0 Å². The molecule has 6 heteroatoms. The van der Waals surface area contributed by atoms with Crippen LogP contribution in [0.4, 0.5) is 0 Å². The highest BCUT2D eigenvalue weighted by Gasteiger charge is 2.01. The van der Waals surface area contributed by atoms with E-state index in [0.717, 1.165) is 0 Å². The van der Waals surface area contributed by atoms with Gasteiger partial charge in [0, 0.05) is 22.9 Å². The summed E-state index contributed by atoms with van der Waals surface area (Å²) < 4.78 is 5.00. The van der Waals surface area contributed by atoms with Gasteiger partial charge in [0.15, 0.2) is 5.96 Å². The highest BCUT2D eigenvalue weighted by Crippen LogP contribution is 2.15. The Morgan fingerprint density at radius 1 is 1.59 bits per heavy atom. The highest BCUT2D eigenvalue weighted by atomic mass is 127. The molecule has 17 heavy (non-hydrogen) atoms. The van der Waals surface area contributed by atoms with Crippen LogP contribution in [0.1, 0.15) is 16.7 Å². The Balaban J connectivity index is 0.00000256. The standard InChI is InChI=1S/C11H19N3OS.HI/c1-8(7-15-3)14-11(12)13-6-10-5-4-9(2)16-10;/h4-5,8H,6-7H2,1-3H3,(H3,12,13,14);1H. The SMILES string of the molecule is COCC(C)NC(N)=NCc1ccc(C)s1.I. The zero-order valence-corrected chi connectivity index (χ0v) is 13.5. The lowest BCUT2D eigenvalue weighted by Crippen LogP contribution is -2.40. The fourth-order valence-electron chi connectivity index (χ4n) is 1.32. The third-order valence-corrected chi connectivity index (χ3v) is 3.00. The van der Waals surface area contributed by atoms with E-state index in [0.29, 0.717) is 19.1 Å². The van der Waals surface area contributed by atoms with Crippen LogP contribution in [0.2, 0.25) is 0 Å². The second-order valence-corrected chi connectivity index (χ2v) is 5.09. The number of rotatable bonds is 5. The van der Waals surface area contributed by atoms with Gasteiger partial charge in [-0.05, 0) is 26.0 Å². The summed E-state index contributed by atoms with van der Waals surface area (Å²) >= 11 is 1.74. The van der Waals surface area contributed by atoms with E-state index in [9.17, 15) is 0 Å². The fourth-order valence-corrected chi connectivity index (χ4v) is 2.14. The second-order valence-electron chi connectivity index (χ2n) is 3.71. The molecule has 1 aromatic rings. The monoisotopic (exact) mass is 369 g/mol. The molecule has 0 saturated heterocycles. The fraction of sp³-hybridized carbons (Fsp3) is 0.545. The van der Waals surface area contributed by atoms with E-state index in [1.165, 1.54) is 9.75 Å². The first kappa shape index (κ1) is 16.7. The predicted molar refractivity (Wildman–Crippen MR) is 84.3 cm³/mol. The van der Waals surface area contributed by atoms with Gasteiger partial charge >= 0.3 is 0 Å². The van der Waals surface area contributed by atoms with E-state index in [1.54, 1.807) is 18.4 Å². The normalized spacial score (nSPS) is 13.0. The number of nitrogens with one attached hydrogen (secondary N) is 1. The number of nitrogens with two attached hydrogens (primary N) is 1. The maximum Gasteiger partial charge on any atom is 0.189 e. The minimum atomic E-state index is 0. The largest absolute Gasteiger partial charge is 0.383 e. The summed E-state index contributed by atoms with van der Waals surface area (Å²) in [5.41, 5.74) is 5.75. The average Bonchev–Trinajstić information content (AvgIpc) is 2.61. The van der Waals surface area contributed by atoms with E-state index in [-0.39, 0.29) is 30.0 Å². The number of nitrogens with zero attached hydrogens (tertiary/aromatic N) is 1. The summed E-state index contributed by atoms with van der Waals surface area (Å²) in [4.78, 5) is 6.79. The maximum absolute atomic E-state index is 5.75. The van der Waals surface area contributed by atoms with Crippen LogP contribution >= 0.6 is 35.3 Å². The highest BCUT2D eigenvalue weighted by molar-refractivity contribution is 14.0. The zero-order chi connectivity index (χ0) is 12.0. The maximum atomic E-state index is 5.75. The van der Waals surface area contributed by atoms with Gasteiger partial charge in [0.05, 0.1) is 13.2 Å². The number of thiophene rings is 1. The van der Waals surface area contributed by atoms with Crippen molar-refractivity contribution in [1.29, 1.82) is 0 Å². The van der Waals surface area contributed by atoms with E-state index < -0.39 is 0 Å². The first-order valence-electron chi connectivity index (χ1n) is 5.22. The van der Waals surface area contributed by atoms with E-state index in [2.05, 4.69) is 29.4 Å². The lowest BCUT2D eigenvalue weighted by molar-refractivity contribution is 0.179. The molecule has 0 aliphatic heterocycles. The molecule has 0 bridgehead atoms. The van der Waals surface area contributed by atoms with Gasteiger partial charge in [-0.2, -0.15) is 0 Å². The minimum Gasteiger partial charge on any atom is -0.383 e. The molecule has 0 aliphatic carbocycles. The summed E-state index contributed by atoms with van der Waals surface area (Å²) in [6.45, 7) is 5.34. The third kappa shape index (κ3) is 6.85. The first-order valence-corrected chi connectivity index (χ1v) is 6.04. The number of halogens is 1. The van der Waals surface area contributed by atoms with Crippen LogP contribution in [-0.4, -0.2) is 25.7 Å². The second kappa shape index (κ2) is 8.71.